The summed E-state index contributed by atoms with van der Waals surface area (Å²) in [5.41, 5.74) is 2.30. The highest BCUT2D eigenvalue weighted by molar-refractivity contribution is 6.30. The predicted octanol–water partition coefficient (Wildman–Crippen LogP) is 3.36. The van der Waals surface area contributed by atoms with Crippen molar-refractivity contribution in [2.45, 2.75) is 13.0 Å². The smallest absolute Gasteiger partial charge is 0.241 e. The Balaban J connectivity index is 1.56. The van der Waals surface area contributed by atoms with Crippen LogP contribution >= 0.6 is 11.6 Å². The second-order valence-corrected chi connectivity index (χ2v) is 6.80. The molecule has 26 heavy (non-hydrogen) atoms. The van der Waals surface area contributed by atoms with E-state index < -0.39 is 0 Å². The monoisotopic (exact) mass is 368 g/mol. The molecule has 1 heterocycles. The molecular weight excluding hydrogens is 348 g/mol. The van der Waals surface area contributed by atoms with Gasteiger partial charge in [-0.3, -0.25) is 9.69 Å². The largest absolute Gasteiger partial charge is 0.369 e. The van der Waals surface area contributed by atoms with E-state index in [2.05, 4.69) is 27.3 Å². The Morgan fingerprint density at radius 2 is 1.88 bits per heavy atom. The summed E-state index contributed by atoms with van der Waals surface area (Å²) in [6.07, 6.45) is 0. The van der Waals surface area contributed by atoms with Gasteiger partial charge in [-0.1, -0.05) is 23.7 Å². The molecule has 0 spiro atoms. The number of nitrogens with one attached hydrogen (secondary N) is 1. The number of carbonyl (C=O) groups is 1. The van der Waals surface area contributed by atoms with Gasteiger partial charge in [-0.05, 0) is 43.3 Å². The topological polar surface area (TPSA) is 59.4 Å². The fourth-order valence-electron chi connectivity index (χ4n) is 3.12. The highest BCUT2D eigenvalue weighted by Gasteiger charge is 2.25. The molecule has 1 aliphatic heterocycles. The van der Waals surface area contributed by atoms with Crippen molar-refractivity contribution in [3.8, 4) is 6.07 Å². The second-order valence-electron chi connectivity index (χ2n) is 6.36. The summed E-state index contributed by atoms with van der Waals surface area (Å²) in [5, 5.41) is 12.6. The van der Waals surface area contributed by atoms with Gasteiger partial charge in [0.2, 0.25) is 5.91 Å². The maximum atomic E-state index is 12.5. The van der Waals surface area contributed by atoms with Crippen LogP contribution in [0, 0.1) is 11.3 Å². The van der Waals surface area contributed by atoms with Crippen molar-refractivity contribution >= 4 is 28.9 Å². The molecule has 1 atom stereocenters. The van der Waals surface area contributed by atoms with Crippen LogP contribution in [0.3, 0.4) is 0 Å². The van der Waals surface area contributed by atoms with Crippen molar-refractivity contribution in [1.29, 1.82) is 5.26 Å². The lowest BCUT2D eigenvalue weighted by Gasteiger charge is -2.38. The van der Waals surface area contributed by atoms with Gasteiger partial charge in [-0.15, -0.1) is 0 Å². The maximum absolute atomic E-state index is 12.5. The zero-order valence-electron chi connectivity index (χ0n) is 14.7. The van der Waals surface area contributed by atoms with Gasteiger partial charge < -0.3 is 10.2 Å². The number of nitriles is 1. The van der Waals surface area contributed by atoms with Crippen molar-refractivity contribution in [2.75, 3.05) is 36.4 Å². The number of anilines is 2. The average Bonchev–Trinajstić information content (AvgIpc) is 2.67. The fourth-order valence-corrected chi connectivity index (χ4v) is 3.30. The van der Waals surface area contributed by atoms with E-state index in [1.54, 1.807) is 24.3 Å². The second kappa shape index (κ2) is 8.22. The maximum Gasteiger partial charge on any atom is 0.241 e. The summed E-state index contributed by atoms with van der Waals surface area (Å²) in [7, 11) is 0. The summed E-state index contributed by atoms with van der Waals surface area (Å²) in [4.78, 5) is 17.0. The molecule has 5 nitrogen and oxygen atoms in total. The Morgan fingerprint density at radius 1 is 1.15 bits per heavy atom. The molecule has 0 bridgehead atoms. The first-order valence-electron chi connectivity index (χ1n) is 8.62. The van der Waals surface area contributed by atoms with Crippen molar-refractivity contribution in [3.05, 3.63) is 59.1 Å². The number of rotatable bonds is 4. The van der Waals surface area contributed by atoms with Crippen molar-refractivity contribution in [3.63, 3.8) is 0 Å². The minimum atomic E-state index is -0.234. The van der Waals surface area contributed by atoms with Crippen LogP contribution in [0.5, 0.6) is 0 Å². The Bertz CT molecular complexity index is 825. The van der Waals surface area contributed by atoms with Gasteiger partial charge in [-0.25, -0.2) is 0 Å². The van der Waals surface area contributed by atoms with E-state index in [1.807, 2.05) is 25.1 Å². The number of amides is 1. The molecule has 134 valence electrons. The zero-order chi connectivity index (χ0) is 18.5. The normalized spacial score (nSPS) is 16.0. The molecule has 1 aliphatic rings. The molecule has 0 saturated carbocycles. The highest BCUT2D eigenvalue weighted by Crippen LogP contribution is 2.21. The zero-order valence-corrected chi connectivity index (χ0v) is 15.4. The summed E-state index contributed by atoms with van der Waals surface area (Å²) >= 11 is 6.07. The molecule has 1 amide bonds. The number of halogens is 1. The van der Waals surface area contributed by atoms with Gasteiger partial charge >= 0.3 is 0 Å². The van der Waals surface area contributed by atoms with Crippen LogP contribution in [0.2, 0.25) is 5.02 Å². The molecule has 0 unspecified atom stereocenters. The first kappa shape index (κ1) is 18.2. The van der Waals surface area contributed by atoms with Crippen LogP contribution in [-0.2, 0) is 4.79 Å². The number of carbonyl (C=O) groups excluding carboxylic acids is 1. The van der Waals surface area contributed by atoms with E-state index in [4.69, 9.17) is 16.9 Å². The Hall–Kier alpha value is -2.55. The predicted molar refractivity (Wildman–Crippen MR) is 104 cm³/mol. The van der Waals surface area contributed by atoms with Crippen molar-refractivity contribution in [1.82, 2.24) is 4.90 Å². The fraction of sp³-hybridized carbons (Fsp3) is 0.300. The lowest BCUT2D eigenvalue weighted by molar-refractivity contribution is -0.120. The van der Waals surface area contributed by atoms with E-state index in [-0.39, 0.29) is 11.9 Å². The molecular formula is C20H21ClN4O. The van der Waals surface area contributed by atoms with Crippen LogP contribution in [0.15, 0.2) is 48.5 Å². The van der Waals surface area contributed by atoms with Crippen molar-refractivity contribution in [2.24, 2.45) is 0 Å². The third kappa shape index (κ3) is 4.34. The third-order valence-corrected chi connectivity index (χ3v) is 4.91. The number of hydrogen-bond acceptors (Lipinski definition) is 4. The van der Waals surface area contributed by atoms with E-state index in [9.17, 15) is 4.79 Å². The highest BCUT2D eigenvalue weighted by atomic mass is 35.5. The molecule has 0 radical (unpaired) electrons. The number of piperazine rings is 1. The molecule has 0 aromatic heterocycles. The van der Waals surface area contributed by atoms with E-state index in [0.717, 1.165) is 36.9 Å². The van der Waals surface area contributed by atoms with Gasteiger partial charge in [0.1, 0.15) is 0 Å². The number of nitrogens with zero attached hydrogens (tertiary/aromatic N) is 3. The van der Waals surface area contributed by atoms with Crippen LogP contribution in [0.4, 0.5) is 11.4 Å². The standard InChI is InChI=1S/C20H21ClN4O/c1-15(20(26)23-18-6-2-4-16(12-18)14-22)24-8-10-25(11-9-24)19-7-3-5-17(21)13-19/h2-7,12-13,15H,8-11H2,1H3,(H,23,26)/t15-/m0/s1. The quantitative estimate of drug-likeness (QED) is 0.898. The molecule has 2 aromatic rings. The molecule has 2 aromatic carbocycles. The SMILES string of the molecule is C[C@@H](C(=O)Nc1cccc(C#N)c1)N1CCN(c2cccc(Cl)c2)CC1. The Morgan fingerprint density at radius 3 is 2.58 bits per heavy atom. The van der Waals surface area contributed by atoms with E-state index in [0.29, 0.717) is 11.3 Å². The first-order valence-corrected chi connectivity index (χ1v) is 9.00. The van der Waals surface area contributed by atoms with E-state index in [1.165, 1.54) is 0 Å². The van der Waals surface area contributed by atoms with Gasteiger partial charge in [0.05, 0.1) is 17.7 Å². The molecule has 1 fully saturated rings. The summed E-state index contributed by atoms with van der Waals surface area (Å²) < 4.78 is 0. The molecule has 0 aliphatic carbocycles. The van der Waals surface area contributed by atoms with Crippen LogP contribution in [-0.4, -0.2) is 43.0 Å². The van der Waals surface area contributed by atoms with Crippen LogP contribution in [0.25, 0.3) is 0 Å². The number of benzene rings is 2. The van der Waals surface area contributed by atoms with E-state index >= 15 is 0 Å². The lowest BCUT2D eigenvalue weighted by Crippen LogP contribution is -2.52. The lowest BCUT2D eigenvalue weighted by atomic mass is 10.1. The van der Waals surface area contributed by atoms with Gasteiger partial charge in [0, 0.05) is 42.6 Å². The first-order chi connectivity index (χ1) is 12.6. The summed E-state index contributed by atoms with van der Waals surface area (Å²) in [6.45, 7) is 5.22. The summed E-state index contributed by atoms with van der Waals surface area (Å²) in [6, 6.07) is 16.7. The minimum Gasteiger partial charge on any atom is -0.369 e. The average molecular weight is 369 g/mol. The third-order valence-electron chi connectivity index (χ3n) is 4.67. The molecule has 1 N–H and O–H groups in total. The van der Waals surface area contributed by atoms with Gasteiger partial charge in [-0.2, -0.15) is 5.26 Å². The Kier molecular flexibility index (Phi) is 5.77. The molecule has 3 rings (SSSR count). The summed E-state index contributed by atoms with van der Waals surface area (Å²) in [5.74, 6) is -0.0590. The van der Waals surface area contributed by atoms with Crippen molar-refractivity contribution < 1.29 is 4.79 Å². The molecule has 1 saturated heterocycles. The number of hydrogen-bond donors (Lipinski definition) is 1. The minimum absolute atomic E-state index is 0.0590. The van der Waals surface area contributed by atoms with Gasteiger partial charge in [0.15, 0.2) is 0 Å². The Labute approximate surface area is 158 Å². The molecule has 6 heteroatoms. The van der Waals surface area contributed by atoms with Gasteiger partial charge in [0.25, 0.3) is 0 Å². The van der Waals surface area contributed by atoms with Crippen LogP contribution < -0.4 is 10.2 Å². The van der Waals surface area contributed by atoms with Crippen LogP contribution in [0.1, 0.15) is 12.5 Å².